The van der Waals surface area contributed by atoms with E-state index in [1.807, 2.05) is 17.0 Å². The maximum Gasteiger partial charge on any atom is 0.341 e. The molecule has 8 heteroatoms. The molecule has 1 atom stereocenters. The number of nitrogens with zero attached hydrogens (tertiary/aromatic N) is 4. The fraction of sp³-hybridized carbons (Fsp3) is 0.333. The molecule has 1 saturated carbocycles. The van der Waals surface area contributed by atoms with Gasteiger partial charge in [-0.2, -0.15) is 0 Å². The quantitative estimate of drug-likeness (QED) is 0.732. The number of anilines is 1. The number of rotatable bonds is 4. The second-order valence-electron chi connectivity index (χ2n) is 7.69. The van der Waals surface area contributed by atoms with Crippen molar-refractivity contribution < 1.29 is 14.3 Å². The summed E-state index contributed by atoms with van der Waals surface area (Å²) in [7, 11) is 0. The van der Waals surface area contributed by atoms with E-state index in [1.54, 1.807) is 17.0 Å². The molecule has 1 saturated heterocycles. The van der Waals surface area contributed by atoms with Gasteiger partial charge >= 0.3 is 5.97 Å². The van der Waals surface area contributed by atoms with Gasteiger partial charge in [0.15, 0.2) is 11.6 Å². The largest absolute Gasteiger partial charge is 0.477 e. The summed E-state index contributed by atoms with van der Waals surface area (Å²) in [5.74, 6) is -1.44. The van der Waals surface area contributed by atoms with E-state index >= 15 is 0 Å². The van der Waals surface area contributed by atoms with E-state index in [2.05, 4.69) is 9.97 Å². The molecule has 3 aromatic heterocycles. The Kier molecular flexibility index (Phi) is 4.08. The van der Waals surface area contributed by atoms with E-state index < -0.39 is 17.2 Å². The molecule has 4 heterocycles. The van der Waals surface area contributed by atoms with Gasteiger partial charge in [0, 0.05) is 43.6 Å². The minimum Gasteiger partial charge on any atom is -0.477 e. The van der Waals surface area contributed by atoms with Crippen molar-refractivity contribution in [2.45, 2.75) is 31.2 Å². The lowest BCUT2D eigenvalue weighted by Gasteiger charge is -2.20. The molecule has 0 amide bonds. The van der Waals surface area contributed by atoms with Crippen molar-refractivity contribution in [2.24, 2.45) is 0 Å². The number of carbonyl (C=O) groups is 1. The van der Waals surface area contributed by atoms with Crippen LogP contribution in [0.3, 0.4) is 0 Å². The van der Waals surface area contributed by atoms with Crippen LogP contribution in [0.15, 0.2) is 41.6 Å². The van der Waals surface area contributed by atoms with Crippen molar-refractivity contribution >= 4 is 22.8 Å². The third-order valence-corrected chi connectivity index (χ3v) is 5.78. The first-order valence-electron chi connectivity index (χ1n) is 9.66. The Labute approximate surface area is 165 Å². The normalized spacial score (nSPS) is 19.1. The highest BCUT2D eigenvalue weighted by Crippen LogP contribution is 2.38. The number of carboxylic acids is 1. The van der Waals surface area contributed by atoms with Crippen LogP contribution in [0.5, 0.6) is 0 Å². The van der Waals surface area contributed by atoms with Gasteiger partial charge in [-0.25, -0.2) is 14.2 Å². The van der Waals surface area contributed by atoms with Gasteiger partial charge in [-0.3, -0.25) is 9.78 Å². The Morgan fingerprint density at radius 3 is 2.66 bits per heavy atom. The van der Waals surface area contributed by atoms with E-state index in [1.165, 1.54) is 6.20 Å². The van der Waals surface area contributed by atoms with E-state index in [0.29, 0.717) is 18.7 Å². The van der Waals surface area contributed by atoms with Gasteiger partial charge in [0.25, 0.3) is 0 Å². The second-order valence-corrected chi connectivity index (χ2v) is 7.69. The predicted molar refractivity (Wildman–Crippen MR) is 105 cm³/mol. The Bertz CT molecular complexity index is 1170. The van der Waals surface area contributed by atoms with Crippen molar-refractivity contribution in [3.05, 3.63) is 64.0 Å². The zero-order chi connectivity index (χ0) is 20.1. The number of carboxylic acid groups (broad SMARTS) is 1. The summed E-state index contributed by atoms with van der Waals surface area (Å²) in [6.45, 7) is 1.28. The van der Waals surface area contributed by atoms with Crippen LogP contribution in [0.4, 0.5) is 10.2 Å². The van der Waals surface area contributed by atoms with Gasteiger partial charge in [0.2, 0.25) is 5.43 Å². The summed E-state index contributed by atoms with van der Waals surface area (Å²) in [5, 5.41) is 9.36. The lowest BCUT2D eigenvalue weighted by Crippen LogP contribution is -2.24. The first-order valence-corrected chi connectivity index (χ1v) is 9.66. The van der Waals surface area contributed by atoms with Crippen molar-refractivity contribution in [3.8, 4) is 0 Å². The molecule has 1 N–H and O–H groups in total. The van der Waals surface area contributed by atoms with Crippen LogP contribution in [0.2, 0.25) is 0 Å². The average molecular weight is 394 g/mol. The minimum atomic E-state index is -1.31. The monoisotopic (exact) mass is 394 g/mol. The van der Waals surface area contributed by atoms with Crippen molar-refractivity contribution in [2.75, 3.05) is 18.0 Å². The molecule has 0 spiro atoms. The van der Waals surface area contributed by atoms with Crippen molar-refractivity contribution in [1.29, 1.82) is 0 Å². The average Bonchev–Trinajstić information content (AvgIpc) is 3.44. The van der Waals surface area contributed by atoms with Gasteiger partial charge in [0.1, 0.15) is 11.2 Å². The lowest BCUT2D eigenvalue weighted by molar-refractivity contribution is 0.0695. The fourth-order valence-electron chi connectivity index (χ4n) is 4.10. The molecule has 1 unspecified atom stereocenters. The molecule has 0 radical (unpaired) electrons. The van der Waals surface area contributed by atoms with Crippen LogP contribution in [0.1, 0.15) is 47.1 Å². The van der Waals surface area contributed by atoms with E-state index in [4.69, 9.17) is 0 Å². The second kappa shape index (κ2) is 6.65. The number of hydrogen-bond acceptors (Lipinski definition) is 5. The zero-order valence-electron chi connectivity index (χ0n) is 15.6. The molecule has 2 fully saturated rings. The Hall–Kier alpha value is -3.29. The highest BCUT2D eigenvalue weighted by molar-refractivity contribution is 5.92. The topological polar surface area (TPSA) is 88.3 Å². The molecule has 2 aliphatic rings. The van der Waals surface area contributed by atoms with E-state index in [-0.39, 0.29) is 28.7 Å². The molecular weight excluding hydrogens is 375 g/mol. The number of fused-ring (bicyclic) bond motifs is 1. The third-order valence-electron chi connectivity index (χ3n) is 5.78. The third kappa shape index (κ3) is 3.04. The number of halogens is 1. The Balaban J connectivity index is 1.58. The van der Waals surface area contributed by atoms with Gasteiger partial charge in [0.05, 0.1) is 5.39 Å². The summed E-state index contributed by atoms with van der Waals surface area (Å²) in [4.78, 5) is 34.5. The van der Waals surface area contributed by atoms with E-state index in [0.717, 1.165) is 30.9 Å². The maximum atomic E-state index is 15.0. The highest BCUT2D eigenvalue weighted by atomic mass is 19.1. The maximum absolute atomic E-state index is 15.0. The number of aromatic nitrogens is 3. The standard InChI is InChI=1S/C21H19FN4O3/c22-17-9-15-18(27)16(21(28)29)11-26(14-1-2-14)19(15)24-20(17)25-8-5-13(10-25)12-3-6-23-7-4-12/h3-4,6-7,9,11,13-14H,1-2,5,8,10H2,(H,28,29). The molecule has 29 heavy (non-hydrogen) atoms. The fourth-order valence-corrected chi connectivity index (χ4v) is 4.10. The lowest BCUT2D eigenvalue weighted by atomic mass is 10.00. The number of pyridine rings is 3. The highest BCUT2D eigenvalue weighted by Gasteiger charge is 2.31. The summed E-state index contributed by atoms with van der Waals surface area (Å²) in [6, 6.07) is 5.18. The summed E-state index contributed by atoms with van der Waals surface area (Å²) >= 11 is 0. The van der Waals surface area contributed by atoms with Crippen LogP contribution >= 0.6 is 0 Å². The van der Waals surface area contributed by atoms with Gasteiger partial charge in [-0.1, -0.05) is 0 Å². The Morgan fingerprint density at radius 1 is 1.21 bits per heavy atom. The number of hydrogen-bond donors (Lipinski definition) is 1. The summed E-state index contributed by atoms with van der Waals surface area (Å²) < 4.78 is 16.7. The molecule has 7 nitrogen and oxygen atoms in total. The van der Waals surface area contributed by atoms with Crippen molar-refractivity contribution in [3.63, 3.8) is 0 Å². The van der Waals surface area contributed by atoms with Gasteiger partial charge in [-0.15, -0.1) is 0 Å². The molecule has 3 aromatic rings. The summed E-state index contributed by atoms with van der Waals surface area (Å²) in [5.41, 5.74) is 0.464. The van der Waals surface area contributed by atoms with Crippen LogP contribution in [0.25, 0.3) is 11.0 Å². The molecular formula is C21H19FN4O3. The first kappa shape index (κ1) is 17.8. The molecule has 1 aliphatic heterocycles. The SMILES string of the molecule is O=C(O)c1cn(C2CC2)c2nc(N3CCC(c4ccncc4)C3)c(F)cc2c1=O. The molecule has 148 valence electrons. The summed E-state index contributed by atoms with van der Waals surface area (Å²) in [6.07, 6.45) is 7.50. The predicted octanol–water partition coefficient (Wildman–Crippen LogP) is 2.96. The molecule has 5 rings (SSSR count). The minimum absolute atomic E-state index is 0.0166. The zero-order valence-corrected chi connectivity index (χ0v) is 15.6. The Morgan fingerprint density at radius 2 is 1.97 bits per heavy atom. The van der Waals surface area contributed by atoms with Gasteiger partial charge < -0.3 is 14.6 Å². The van der Waals surface area contributed by atoms with Crippen LogP contribution in [-0.2, 0) is 0 Å². The van der Waals surface area contributed by atoms with Crippen LogP contribution < -0.4 is 10.3 Å². The molecule has 1 aliphatic carbocycles. The number of aromatic carboxylic acids is 1. The van der Waals surface area contributed by atoms with Gasteiger partial charge in [-0.05, 0) is 43.0 Å². The molecule has 0 aromatic carbocycles. The van der Waals surface area contributed by atoms with Crippen LogP contribution in [-0.4, -0.2) is 38.7 Å². The van der Waals surface area contributed by atoms with E-state index in [9.17, 15) is 19.1 Å². The molecule has 0 bridgehead atoms. The van der Waals surface area contributed by atoms with Crippen molar-refractivity contribution in [1.82, 2.24) is 14.5 Å². The van der Waals surface area contributed by atoms with Crippen LogP contribution in [0, 0.1) is 5.82 Å². The first-order chi connectivity index (χ1) is 14.0. The smallest absolute Gasteiger partial charge is 0.341 e.